The fraction of sp³-hybridized carbons (Fsp3) is 0.611. The first-order valence-electron chi connectivity index (χ1n) is 8.30. The van der Waals surface area contributed by atoms with Crippen molar-refractivity contribution < 1.29 is 0 Å². The molecule has 4 atom stereocenters. The Labute approximate surface area is 132 Å². The molecule has 0 amide bonds. The minimum Gasteiger partial charge on any atom is -0.370 e. The largest absolute Gasteiger partial charge is 0.370 e. The first-order chi connectivity index (χ1) is 10.2. The summed E-state index contributed by atoms with van der Waals surface area (Å²) >= 11 is 5.84. The number of nitrogens with zero attached hydrogens (tertiary/aromatic N) is 2. The Balaban J connectivity index is 1.76. The molecule has 3 fully saturated rings. The Morgan fingerprint density at radius 2 is 2.10 bits per heavy atom. The van der Waals surface area contributed by atoms with E-state index in [4.69, 9.17) is 12.2 Å². The quantitative estimate of drug-likeness (QED) is 0.734. The maximum Gasteiger partial charge on any atom is 0.0866 e. The molecule has 1 aromatic carbocycles. The van der Waals surface area contributed by atoms with E-state index in [0.29, 0.717) is 22.9 Å². The van der Waals surface area contributed by atoms with Gasteiger partial charge in [0.15, 0.2) is 0 Å². The van der Waals surface area contributed by atoms with Crippen LogP contribution in [0.2, 0.25) is 0 Å². The molecule has 5 rings (SSSR count). The third-order valence-corrected chi connectivity index (χ3v) is 7.76. The Bertz CT molecular complexity index is 656. The van der Waals surface area contributed by atoms with Crippen molar-refractivity contribution >= 4 is 22.9 Å². The van der Waals surface area contributed by atoms with Crippen LogP contribution in [0.25, 0.3) is 0 Å². The summed E-state index contributed by atoms with van der Waals surface area (Å²) < 4.78 is 0. The summed E-state index contributed by atoms with van der Waals surface area (Å²) in [6.45, 7) is 3.52. The summed E-state index contributed by atoms with van der Waals surface area (Å²) in [6.07, 6.45) is 5.08. The Kier molecular flexibility index (Phi) is 2.15. The topological polar surface area (TPSA) is 6.48 Å². The zero-order valence-corrected chi connectivity index (χ0v) is 13.6. The second kappa shape index (κ2) is 3.62. The lowest BCUT2D eigenvalue weighted by atomic mass is 9.51. The predicted octanol–water partition coefficient (Wildman–Crippen LogP) is 3.35. The normalized spacial score (nSPS) is 42.5. The standard InChI is InChI=1S/C18H22N2S/c1-3-17-9-8-14-18(10-11-20(15(17)18)16(17)21)12-6-4-5-7-13(12)19(14)2/h4-7,14-15H,3,8-11H2,1-2H3/t14-,15-,17-,18-/m0/s1. The molecule has 110 valence electrons. The Morgan fingerprint density at radius 3 is 2.90 bits per heavy atom. The zero-order valence-electron chi connectivity index (χ0n) is 12.8. The van der Waals surface area contributed by atoms with Crippen molar-refractivity contribution in [1.29, 1.82) is 0 Å². The van der Waals surface area contributed by atoms with Gasteiger partial charge in [-0.1, -0.05) is 37.3 Å². The summed E-state index contributed by atoms with van der Waals surface area (Å²) in [7, 11) is 2.30. The highest BCUT2D eigenvalue weighted by Crippen LogP contribution is 2.68. The minimum atomic E-state index is 0.320. The summed E-state index contributed by atoms with van der Waals surface area (Å²) in [5.74, 6) is 0. The average molecular weight is 298 g/mol. The van der Waals surface area contributed by atoms with Crippen molar-refractivity contribution in [2.45, 2.75) is 50.1 Å². The van der Waals surface area contributed by atoms with Crippen molar-refractivity contribution in [2.24, 2.45) is 5.41 Å². The van der Waals surface area contributed by atoms with Gasteiger partial charge in [0.05, 0.1) is 11.0 Å². The maximum absolute atomic E-state index is 5.84. The predicted molar refractivity (Wildman–Crippen MR) is 90.0 cm³/mol. The van der Waals surface area contributed by atoms with Crippen molar-refractivity contribution in [2.75, 3.05) is 18.5 Å². The number of hydrogen-bond donors (Lipinski definition) is 0. The van der Waals surface area contributed by atoms with E-state index < -0.39 is 0 Å². The first-order valence-corrected chi connectivity index (χ1v) is 8.71. The molecule has 0 unspecified atom stereocenters. The van der Waals surface area contributed by atoms with E-state index in [-0.39, 0.29) is 0 Å². The fourth-order valence-electron chi connectivity index (χ4n) is 6.31. The van der Waals surface area contributed by atoms with Gasteiger partial charge in [-0.15, -0.1) is 0 Å². The Hall–Kier alpha value is -1.09. The van der Waals surface area contributed by atoms with Crippen LogP contribution in [0.1, 0.15) is 38.2 Å². The fourth-order valence-corrected chi connectivity index (χ4v) is 6.86. The monoisotopic (exact) mass is 298 g/mol. The number of thiocarbonyl (C=S) groups is 1. The molecular weight excluding hydrogens is 276 g/mol. The molecule has 3 aliphatic heterocycles. The lowest BCUT2D eigenvalue weighted by molar-refractivity contribution is 0.0209. The van der Waals surface area contributed by atoms with E-state index in [0.717, 1.165) is 0 Å². The number of hydrogen-bond acceptors (Lipinski definition) is 2. The SMILES string of the molecule is CC[C@@]12CC[C@@H]3N(C)c4ccccc4[C@@]34CCN(C1=S)[C@@H]24. The first kappa shape index (κ1) is 12.5. The van der Waals surface area contributed by atoms with Gasteiger partial charge in [0.25, 0.3) is 0 Å². The van der Waals surface area contributed by atoms with Crippen molar-refractivity contribution in [3.05, 3.63) is 29.8 Å². The number of benzene rings is 1. The number of para-hydroxylation sites is 1. The van der Waals surface area contributed by atoms with Crippen molar-refractivity contribution in [3.63, 3.8) is 0 Å². The van der Waals surface area contributed by atoms with Crippen LogP contribution in [0.3, 0.4) is 0 Å². The van der Waals surface area contributed by atoms with Crippen LogP contribution < -0.4 is 4.90 Å². The van der Waals surface area contributed by atoms with E-state index >= 15 is 0 Å². The summed E-state index contributed by atoms with van der Waals surface area (Å²) in [4.78, 5) is 6.41. The van der Waals surface area contributed by atoms with Crippen LogP contribution in [0.5, 0.6) is 0 Å². The summed E-state index contributed by atoms with van der Waals surface area (Å²) in [5.41, 5.74) is 3.72. The minimum absolute atomic E-state index is 0.320. The van der Waals surface area contributed by atoms with Crippen LogP contribution in [0, 0.1) is 5.41 Å². The molecule has 3 heterocycles. The van der Waals surface area contributed by atoms with E-state index in [9.17, 15) is 0 Å². The molecule has 0 aromatic heterocycles. The molecule has 1 saturated carbocycles. The van der Waals surface area contributed by atoms with Crippen molar-refractivity contribution in [3.8, 4) is 0 Å². The van der Waals surface area contributed by atoms with E-state index in [1.165, 1.54) is 42.9 Å². The van der Waals surface area contributed by atoms with Gasteiger partial charge in [0.2, 0.25) is 0 Å². The molecule has 1 aliphatic carbocycles. The van der Waals surface area contributed by atoms with Gasteiger partial charge in [0, 0.05) is 36.2 Å². The lowest BCUT2D eigenvalue weighted by Gasteiger charge is -2.64. The molecule has 0 bridgehead atoms. The van der Waals surface area contributed by atoms with E-state index in [2.05, 4.69) is 48.0 Å². The van der Waals surface area contributed by atoms with E-state index in [1.54, 1.807) is 5.56 Å². The highest BCUT2D eigenvalue weighted by molar-refractivity contribution is 7.80. The summed E-state index contributed by atoms with van der Waals surface area (Å²) in [5, 5.41) is 0. The molecule has 0 radical (unpaired) electrons. The number of anilines is 1. The molecule has 4 aliphatic rings. The molecule has 2 nitrogen and oxygen atoms in total. The van der Waals surface area contributed by atoms with Crippen LogP contribution in [0.4, 0.5) is 5.69 Å². The van der Waals surface area contributed by atoms with Crippen LogP contribution in [-0.2, 0) is 5.41 Å². The third kappa shape index (κ3) is 1.08. The maximum atomic E-state index is 5.84. The van der Waals surface area contributed by atoms with Gasteiger partial charge in [-0.05, 0) is 37.3 Å². The molecule has 3 heteroatoms. The second-order valence-corrected chi connectivity index (χ2v) is 7.77. The van der Waals surface area contributed by atoms with Crippen LogP contribution in [-0.4, -0.2) is 35.6 Å². The highest BCUT2D eigenvalue weighted by Gasteiger charge is 2.73. The number of likely N-dealkylation sites (N-methyl/N-ethyl adjacent to an activating group) is 1. The third-order valence-electron chi connectivity index (χ3n) is 7.12. The van der Waals surface area contributed by atoms with Crippen molar-refractivity contribution in [1.82, 2.24) is 4.90 Å². The number of rotatable bonds is 1. The second-order valence-electron chi connectivity index (χ2n) is 7.38. The number of fused-ring (bicyclic) bond motifs is 1. The van der Waals surface area contributed by atoms with Gasteiger partial charge in [-0.2, -0.15) is 0 Å². The molecule has 2 saturated heterocycles. The van der Waals surface area contributed by atoms with E-state index in [1.807, 2.05) is 0 Å². The van der Waals surface area contributed by atoms with Gasteiger partial charge in [0.1, 0.15) is 0 Å². The molecule has 1 spiro atoms. The highest BCUT2D eigenvalue weighted by atomic mass is 32.1. The van der Waals surface area contributed by atoms with Gasteiger partial charge in [-0.3, -0.25) is 0 Å². The van der Waals surface area contributed by atoms with Crippen LogP contribution in [0.15, 0.2) is 24.3 Å². The zero-order chi connectivity index (χ0) is 14.4. The lowest BCUT2D eigenvalue weighted by Crippen LogP contribution is -2.74. The summed E-state index contributed by atoms with van der Waals surface area (Å²) in [6, 6.07) is 10.5. The molecule has 21 heavy (non-hydrogen) atoms. The Morgan fingerprint density at radius 1 is 1.29 bits per heavy atom. The van der Waals surface area contributed by atoms with Crippen LogP contribution >= 0.6 is 12.2 Å². The smallest absolute Gasteiger partial charge is 0.0866 e. The van der Waals surface area contributed by atoms with Gasteiger partial charge in [-0.25, -0.2) is 0 Å². The molecular formula is C18H22N2S. The van der Waals surface area contributed by atoms with Gasteiger partial charge < -0.3 is 9.80 Å². The molecule has 0 N–H and O–H groups in total. The average Bonchev–Trinajstić information content (AvgIpc) is 3.02. The van der Waals surface area contributed by atoms with Gasteiger partial charge >= 0.3 is 0 Å². The molecule has 1 aromatic rings.